The second-order valence-electron chi connectivity index (χ2n) is 4.43. The molecule has 2 rings (SSSR count). The standard InChI is InChI=1S/C16H15BrN2O3/c1-22-14-8-7-13(17)9-12(14)10-18-19-16(21)15(20)11-5-3-2-4-6-11/h2-10,15,20H,1H3,(H,19,21)/b18-10-. The molecule has 0 aliphatic carbocycles. The molecule has 2 aromatic carbocycles. The molecule has 0 aliphatic rings. The SMILES string of the molecule is COc1ccc(Br)cc1/C=N\NC(=O)C(O)c1ccccc1. The van der Waals surface area contributed by atoms with Crippen LogP contribution >= 0.6 is 15.9 Å². The highest BCUT2D eigenvalue weighted by Crippen LogP contribution is 2.21. The van der Waals surface area contributed by atoms with Gasteiger partial charge in [-0.25, -0.2) is 5.43 Å². The Balaban J connectivity index is 2.03. The van der Waals surface area contributed by atoms with Crippen molar-refractivity contribution in [1.82, 2.24) is 5.43 Å². The molecule has 1 amide bonds. The quantitative estimate of drug-likeness (QED) is 0.634. The van der Waals surface area contributed by atoms with E-state index in [2.05, 4.69) is 26.5 Å². The molecule has 2 aromatic rings. The lowest BCUT2D eigenvalue weighted by Gasteiger charge is -2.09. The molecule has 6 heteroatoms. The number of aliphatic hydroxyl groups is 1. The molecule has 0 fully saturated rings. The third kappa shape index (κ3) is 4.16. The predicted molar refractivity (Wildman–Crippen MR) is 87.8 cm³/mol. The molecule has 5 nitrogen and oxygen atoms in total. The second-order valence-corrected chi connectivity index (χ2v) is 5.35. The highest BCUT2D eigenvalue weighted by Gasteiger charge is 2.16. The third-order valence-corrected chi connectivity index (χ3v) is 3.43. The Hall–Kier alpha value is -2.18. The number of nitrogens with one attached hydrogen (secondary N) is 1. The van der Waals surface area contributed by atoms with Gasteiger partial charge < -0.3 is 9.84 Å². The normalized spacial score (nSPS) is 12.1. The summed E-state index contributed by atoms with van der Waals surface area (Å²) in [6.07, 6.45) is 0.196. The van der Waals surface area contributed by atoms with Crippen LogP contribution in [-0.4, -0.2) is 24.3 Å². The molecule has 0 aliphatic heterocycles. The van der Waals surface area contributed by atoms with E-state index in [-0.39, 0.29) is 0 Å². The van der Waals surface area contributed by atoms with Gasteiger partial charge in [0.2, 0.25) is 0 Å². The molecule has 0 radical (unpaired) electrons. The van der Waals surface area contributed by atoms with Crippen LogP contribution in [0.2, 0.25) is 0 Å². The van der Waals surface area contributed by atoms with Crippen molar-refractivity contribution in [3.63, 3.8) is 0 Å². The lowest BCUT2D eigenvalue weighted by atomic mass is 10.1. The lowest BCUT2D eigenvalue weighted by Crippen LogP contribution is -2.25. The summed E-state index contributed by atoms with van der Waals surface area (Å²) in [5, 5.41) is 13.8. The molecule has 2 N–H and O–H groups in total. The first-order valence-corrected chi connectivity index (χ1v) is 7.30. The maximum absolute atomic E-state index is 11.8. The molecule has 0 heterocycles. The predicted octanol–water partition coefficient (Wildman–Crippen LogP) is 2.64. The Morgan fingerprint density at radius 2 is 2.05 bits per heavy atom. The number of nitrogens with zero attached hydrogens (tertiary/aromatic N) is 1. The van der Waals surface area contributed by atoms with Gasteiger partial charge in [0.25, 0.3) is 5.91 Å². The molecule has 0 saturated carbocycles. The van der Waals surface area contributed by atoms with Gasteiger partial charge in [-0.05, 0) is 23.8 Å². The number of benzene rings is 2. The fourth-order valence-corrected chi connectivity index (χ4v) is 2.20. The highest BCUT2D eigenvalue weighted by atomic mass is 79.9. The maximum Gasteiger partial charge on any atom is 0.273 e. The number of ether oxygens (including phenoxy) is 1. The van der Waals surface area contributed by atoms with Crippen LogP contribution in [0.4, 0.5) is 0 Å². The molecular formula is C16H15BrN2O3. The minimum atomic E-state index is -1.26. The minimum Gasteiger partial charge on any atom is -0.496 e. The average Bonchev–Trinajstić information content (AvgIpc) is 2.55. The van der Waals surface area contributed by atoms with Crippen LogP contribution < -0.4 is 10.2 Å². The zero-order valence-electron chi connectivity index (χ0n) is 11.9. The highest BCUT2D eigenvalue weighted by molar-refractivity contribution is 9.10. The number of hydrogen-bond donors (Lipinski definition) is 2. The van der Waals surface area contributed by atoms with Gasteiger partial charge >= 0.3 is 0 Å². The Morgan fingerprint density at radius 1 is 1.32 bits per heavy atom. The number of aliphatic hydroxyl groups excluding tert-OH is 1. The number of carbonyl (C=O) groups excluding carboxylic acids is 1. The van der Waals surface area contributed by atoms with Gasteiger partial charge in [0.1, 0.15) is 5.75 Å². The van der Waals surface area contributed by atoms with Crippen molar-refractivity contribution >= 4 is 28.1 Å². The molecule has 0 aromatic heterocycles. The number of hydrogen-bond acceptors (Lipinski definition) is 4. The van der Waals surface area contributed by atoms with Gasteiger partial charge in [0.05, 0.1) is 13.3 Å². The summed E-state index contributed by atoms with van der Waals surface area (Å²) < 4.78 is 6.07. The summed E-state index contributed by atoms with van der Waals surface area (Å²) >= 11 is 3.36. The molecule has 0 spiro atoms. The van der Waals surface area contributed by atoms with Crippen molar-refractivity contribution in [3.05, 3.63) is 64.1 Å². The van der Waals surface area contributed by atoms with Gasteiger partial charge in [0, 0.05) is 10.0 Å². The second kappa shape index (κ2) is 7.72. The number of halogens is 1. The molecule has 0 bridgehead atoms. The fraction of sp³-hybridized carbons (Fsp3) is 0.125. The van der Waals surface area contributed by atoms with Crippen LogP contribution in [0, 0.1) is 0 Å². The molecule has 1 unspecified atom stereocenters. The summed E-state index contributed by atoms with van der Waals surface area (Å²) in [5.74, 6) is 0.0289. The maximum atomic E-state index is 11.8. The zero-order chi connectivity index (χ0) is 15.9. The van der Waals surface area contributed by atoms with E-state index < -0.39 is 12.0 Å². The van der Waals surface area contributed by atoms with E-state index in [4.69, 9.17) is 4.74 Å². The van der Waals surface area contributed by atoms with Crippen LogP contribution in [-0.2, 0) is 4.79 Å². The van der Waals surface area contributed by atoms with Crippen molar-refractivity contribution in [2.75, 3.05) is 7.11 Å². The molecular weight excluding hydrogens is 348 g/mol. The summed E-state index contributed by atoms with van der Waals surface area (Å²) in [5.41, 5.74) is 3.52. The number of rotatable bonds is 5. The topological polar surface area (TPSA) is 70.9 Å². The lowest BCUT2D eigenvalue weighted by molar-refractivity contribution is -0.129. The molecule has 0 saturated heterocycles. The van der Waals surface area contributed by atoms with Crippen LogP contribution in [0.25, 0.3) is 0 Å². The summed E-state index contributed by atoms with van der Waals surface area (Å²) in [7, 11) is 1.55. The minimum absolute atomic E-state index is 0.509. The zero-order valence-corrected chi connectivity index (χ0v) is 13.4. The van der Waals surface area contributed by atoms with Crippen molar-refractivity contribution in [2.45, 2.75) is 6.10 Å². The van der Waals surface area contributed by atoms with E-state index in [1.165, 1.54) is 6.21 Å². The monoisotopic (exact) mass is 362 g/mol. The van der Waals surface area contributed by atoms with Gasteiger partial charge in [-0.15, -0.1) is 0 Å². The van der Waals surface area contributed by atoms with E-state index in [9.17, 15) is 9.90 Å². The van der Waals surface area contributed by atoms with E-state index >= 15 is 0 Å². The van der Waals surface area contributed by atoms with E-state index in [0.29, 0.717) is 16.9 Å². The Kier molecular flexibility index (Phi) is 5.68. The van der Waals surface area contributed by atoms with Crippen LogP contribution in [0.1, 0.15) is 17.2 Å². The van der Waals surface area contributed by atoms with E-state index in [1.807, 2.05) is 18.2 Å². The van der Waals surface area contributed by atoms with Crippen molar-refractivity contribution in [1.29, 1.82) is 0 Å². The largest absolute Gasteiger partial charge is 0.496 e. The van der Waals surface area contributed by atoms with E-state index in [0.717, 1.165) is 4.47 Å². The summed E-state index contributed by atoms with van der Waals surface area (Å²) in [6.45, 7) is 0. The van der Waals surface area contributed by atoms with Crippen LogP contribution in [0.5, 0.6) is 5.75 Å². The van der Waals surface area contributed by atoms with E-state index in [1.54, 1.807) is 37.4 Å². The average molecular weight is 363 g/mol. The van der Waals surface area contributed by atoms with Crippen molar-refractivity contribution in [3.8, 4) is 5.75 Å². The summed E-state index contributed by atoms with van der Waals surface area (Å²) in [6, 6.07) is 14.1. The first-order valence-electron chi connectivity index (χ1n) is 6.51. The van der Waals surface area contributed by atoms with Gasteiger partial charge in [0.15, 0.2) is 6.10 Å². The smallest absolute Gasteiger partial charge is 0.273 e. The number of carbonyl (C=O) groups is 1. The van der Waals surface area contributed by atoms with Gasteiger partial charge in [-0.3, -0.25) is 4.79 Å². The van der Waals surface area contributed by atoms with Crippen molar-refractivity contribution in [2.24, 2.45) is 5.10 Å². The Morgan fingerprint density at radius 3 is 2.73 bits per heavy atom. The van der Waals surface area contributed by atoms with Gasteiger partial charge in [-0.1, -0.05) is 46.3 Å². The number of methoxy groups -OCH3 is 1. The first kappa shape index (κ1) is 16.2. The Labute approximate surface area is 136 Å². The van der Waals surface area contributed by atoms with Crippen LogP contribution in [0.3, 0.4) is 0 Å². The van der Waals surface area contributed by atoms with Crippen LogP contribution in [0.15, 0.2) is 58.1 Å². The Bertz CT molecular complexity index is 674. The molecule has 22 heavy (non-hydrogen) atoms. The van der Waals surface area contributed by atoms with Crippen molar-refractivity contribution < 1.29 is 14.6 Å². The molecule has 1 atom stereocenters. The number of hydrazone groups is 1. The van der Waals surface area contributed by atoms with Gasteiger partial charge in [-0.2, -0.15) is 5.10 Å². The molecule has 114 valence electrons. The third-order valence-electron chi connectivity index (χ3n) is 2.93. The summed E-state index contributed by atoms with van der Waals surface area (Å²) in [4.78, 5) is 11.8. The number of amides is 1. The fourth-order valence-electron chi connectivity index (χ4n) is 1.82. The first-order chi connectivity index (χ1) is 10.6.